The molecule has 0 aliphatic heterocycles. The van der Waals surface area contributed by atoms with Crippen LogP contribution in [0.25, 0.3) is 0 Å². The van der Waals surface area contributed by atoms with Gasteiger partial charge < -0.3 is 9.05 Å². The smallest absolute Gasteiger partial charge is 0.305 e. The molecule has 1 aromatic rings. The molecule has 1 rings (SSSR count). The Kier molecular flexibility index (Phi) is 5.39. The van der Waals surface area contributed by atoms with Crippen molar-refractivity contribution in [3.8, 4) is 0 Å². The zero-order chi connectivity index (χ0) is 13.1. The van der Waals surface area contributed by atoms with Gasteiger partial charge in [-0.05, 0) is 51.0 Å². The highest BCUT2D eigenvalue weighted by Gasteiger charge is 2.27. The molecule has 0 amide bonds. The molecule has 0 aromatic heterocycles. The molecule has 0 unspecified atom stereocenters. The summed E-state index contributed by atoms with van der Waals surface area (Å²) in [7, 11) is -3.17. The van der Waals surface area contributed by atoms with Crippen LogP contribution in [0.1, 0.15) is 25.0 Å². The van der Waals surface area contributed by atoms with Crippen LogP contribution in [0.15, 0.2) is 16.6 Å². The largest absolute Gasteiger partial charge is 0.361 e. The van der Waals surface area contributed by atoms with Gasteiger partial charge in [0, 0.05) is 4.47 Å². The Morgan fingerprint density at radius 3 is 1.88 bits per heavy atom. The molecule has 3 nitrogen and oxygen atoms in total. The van der Waals surface area contributed by atoms with E-state index in [0.29, 0.717) is 18.5 Å². The lowest BCUT2D eigenvalue weighted by Gasteiger charge is -2.18. The Bertz CT molecular complexity index is 412. The van der Waals surface area contributed by atoms with Gasteiger partial charge in [-0.1, -0.05) is 15.9 Å². The quantitative estimate of drug-likeness (QED) is 0.770. The van der Waals surface area contributed by atoms with E-state index < -0.39 is 7.60 Å². The average Bonchev–Trinajstić information content (AvgIpc) is 2.26. The number of aryl methyl sites for hydroxylation is 2. The summed E-state index contributed by atoms with van der Waals surface area (Å²) < 4.78 is 24.2. The molecule has 0 saturated carbocycles. The van der Waals surface area contributed by atoms with E-state index in [1.165, 1.54) is 0 Å². The van der Waals surface area contributed by atoms with Crippen LogP contribution in [0.3, 0.4) is 0 Å². The molecule has 0 heterocycles. The zero-order valence-electron chi connectivity index (χ0n) is 10.6. The van der Waals surface area contributed by atoms with Gasteiger partial charge in [-0.25, -0.2) is 0 Å². The highest BCUT2D eigenvalue weighted by molar-refractivity contribution is 9.10. The van der Waals surface area contributed by atoms with E-state index in [0.717, 1.165) is 15.6 Å². The van der Waals surface area contributed by atoms with Crippen LogP contribution in [0.4, 0.5) is 0 Å². The molecule has 0 N–H and O–H groups in total. The lowest BCUT2D eigenvalue weighted by atomic mass is 10.2. The van der Waals surface area contributed by atoms with Gasteiger partial charge in [-0.3, -0.25) is 4.57 Å². The molecule has 0 saturated heterocycles. The summed E-state index contributed by atoms with van der Waals surface area (Å²) in [4.78, 5) is 0. The Labute approximate surface area is 111 Å². The monoisotopic (exact) mass is 320 g/mol. The van der Waals surface area contributed by atoms with Crippen molar-refractivity contribution in [3.63, 3.8) is 0 Å². The minimum atomic E-state index is -3.17. The van der Waals surface area contributed by atoms with E-state index in [4.69, 9.17) is 9.05 Å². The van der Waals surface area contributed by atoms with Crippen LogP contribution >= 0.6 is 23.5 Å². The van der Waals surface area contributed by atoms with Gasteiger partial charge in [0.05, 0.1) is 18.5 Å². The van der Waals surface area contributed by atoms with Crippen LogP contribution in [0, 0.1) is 13.8 Å². The summed E-state index contributed by atoms with van der Waals surface area (Å²) in [6.45, 7) is 8.27. The summed E-state index contributed by atoms with van der Waals surface area (Å²) in [6, 6.07) is 3.70. The highest BCUT2D eigenvalue weighted by atomic mass is 79.9. The maximum absolute atomic E-state index is 12.6. The highest BCUT2D eigenvalue weighted by Crippen LogP contribution is 2.47. The Morgan fingerprint density at radius 2 is 1.53 bits per heavy atom. The summed E-state index contributed by atoms with van der Waals surface area (Å²) in [5.41, 5.74) is 2.05. The second-order valence-electron chi connectivity index (χ2n) is 3.73. The topological polar surface area (TPSA) is 35.5 Å². The van der Waals surface area contributed by atoms with Crippen LogP contribution in [-0.4, -0.2) is 13.2 Å². The first kappa shape index (κ1) is 14.9. The summed E-state index contributed by atoms with van der Waals surface area (Å²) in [6.07, 6.45) is 0. The van der Waals surface area contributed by atoms with E-state index in [1.807, 2.05) is 39.8 Å². The van der Waals surface area contributed by atoms with Crippen molar-refractivity contribution in [2.75, 3.05) is 13.2 Å². The molecular formula is C12H18BrO3P. The normalized spacial score (nSPS) is 11.8. The molecule has 0 spiro atoms. The lowest BCUT2D eigenvalue weighted by Crippen LogP contribution is -2.12. The van der Waals surface area contributed by atoms with Crippen LogP contribution in [0.2, 0.25) is 0 Å². The van der Waals surface area contributed by atoms with Crippen molar-refractivity contribution in [2.24, 2.45) is 0 Å². The van der Waals surface area contributed by atoms with Crippen LogP contribution in [0.5, 0.6) is 0 Å². The molecular weight excluding hydrogens is 303 g/mol. The predicted octanol–water partition coefficient (Wildman–Crippen LogP) is 3.96. The van der Waals surface area contributed by atoms with Gasteiger partial charge in [0.15, 0.2) is 0 Å². The van der Waals surface area contributed by atoms with Crippen molar-refractivity contribution in [1.82, 2.24) is 0 Å². The van der Waals surface area contributed by atoms with Gasteiger partial charge in [0.2, 0.25) is 0 Å². The van der Waals surface area contributed by atoms with Gasteiger partial charge in [0.25, 0.3) is 0 Å². The molecule has 5 heteroatoms. The fourth-order valence-corrected chi connectivity index (χ4v) is 3.59. The van der Waals surface area contributed by atoms with Gasteiger partial charge in [0.1, 0.15) is 0 Å². The zero-order valence-corrected chi connectivity index (χ0v) is 13.1. The van der Waals surface area contributed by atoms with Crippen molar-refractivity contribution in [2.45, 2.75) is 27.7 Å². The molecule has 0 aliphatic rings. The lowest BCUT2D eigenvalue weighted by molar-refractivity contribution is 0.230. The minimum Gasteiger partial charge on any atom is -0.305 e. The summed E-state index contributed by atoms with van der Waals surface area (Å²) in [5, 5.41) is 0.624. The number of hydrogen-bond acceptors (Lipinski definition) is 3. The van der Waals surface area contributed by atoms with E-state index in [9.17, 15) is 4.57 Å². The maximum atomic E-state index is 12.6. The van der Waals surface area contributed by atoms with Crippen molar-refractivity contribution < 1.29 is 13.6 Å². The molecule has 0 atom stereocenters. The van der Waals surface area contributed by atoms with Crippen molar-refractivity contribution in [1.29, 1.82) is 0 Å². The molecule has 0 fully saturated rings. The molecule has 17 heavy (non-hydrogen) atoms. The van der Waals surface area contributed by atoms with Crippen molar-refractivity contribution >= 4 is 28.8 Å². The average molecular weight is 321 g/mol. The number of rotatable bonds is 5. The third kappa shape index (κ3) is 3.41. The second-order valence-corrected chi connectivity index (χ2v) is 6.55. The molecule has 0 bridgehead atoms. The molecule has 96 valence electrons. The standard InChI is InChI=1S/C12H18BrO3P/c1-5-15-17(14,16-6-2)11-7-9(3)12(13)10(4)8-11/h7-8H,5-6H2,1-4H3. The van der Waals surface area contributed by atoms with Crippen molar-refractivity contribution in [3.05, 3.63) is 27.7 Å². The molecule has 0 aliphatic carbocycles. The molecule has 1 aromatic carbocycles. The molecule has 0 radical (unpaired) electrons. The summed E-state index contributed by atoms with van der Waals surface area (Å²) >= 11 is 3.49. The third-order valence-electron chi connectivity index (χ3n) is 2.34. The first-order chi connectivity index (χ1) is 7.94. The maximum Gasteiger partial charge on any atom is 0.361 e. The van der Waals surface area contributed by atoms with Crippen LogP contribution in [-0.2, 0) is 13.6 Å². The Morgan fingerprint density at radius 1 is 1.12 bits per heavy atom. The fourth-order valence-electron chi connectivity index (χ4n) is 1.61. The SMILES string of the molecule is CCOP(=O)(OCC)c1cc(C)c(Br)c(C)c1. The Balaban J connectivity index is 3.24. The van der Waals surface area contributed by atoms with Gasteiger partial charge >= 0.3 is 7.60 Å². The number of benzene rings is 1. The van der Waals surface area contributed by atoms with Crippen LogP contribution < -0.4 is 5.30 Å². The van der Waals surface area contributed by atoms with E-state index >= 15 is 0 Å². The number of halogens is 1. The first-order valence-corrected chi connectivity index (χ1v) is 7.94. The van der Waals surface area contributed by atoms with E-state index in [2.05, 4.69) is 15.9 Å². The van der Waals surface area contributed by atoms with Gasteiger partial charge in [-0.2, -0.15) is 0 Å². The first-order valence-electron chi connectivity index (χ1n) is 5.61. The van der Waals surface area contributed by atoms with Gasteiger partial charge in [-0.15, -0.1) is 0 Å². The van der Waals surface area contributed by atoms with E-state index in [-0.39, 0.29) is 0 Å². The number of hydrogen-bond donors (Lipinski definition) is 0. The second kappa shape index (κ2) is 6.14. The Hall–Kier alpha value is -0.150. The third-order valence-corrected chi connectivity index (χ3v) is 5.67. The minimum absolute atomic E-state index is 0.367. The fraction of sp³-hybridized carbons (Fsp3) is 0.500. The van der Waals surface area contributed by atoms with E-state index in [1.54, 1.807) is 0 Å². The summed E-state index contributed by atoms with van der Waals surface area (Å²) in [5.74, 6) is 0. The predicted molar refractivity (Wildman–Crippen MR) is 74.1 cm³/mol.